The fraction of sp³-hybridized carbons (Fsp3) is 0.188. The number of aryl methyl sites for hydroxylation is 2. The zero-order valence-corrected chi connectivity index (χ0v) is 13.2. The third kappa shape index (κ3) is 3.46. The fourth-order valence-electron chi connectivity index (χ4n) is 1.96. The first kappa shape index (κ1) is 14.3. The van der Waals surface area contributed by atoms with Gasteiger partial charge in [-0.1, -0.05) is 45.7 Å². The molecule has 0 N–H and O–H groups in total. The molecule has 0 aliphatic heterocycles. The van der Waals surface area contributed by atoms with Crippen LogP contribution in [0.1, 0.15) is 27.0 Å². The molecule has 2 aromatic rings. The molecular formula is C16H14BrClO. The van der Waals surface area contributed by atoms with E-state index in [0.717, 1.165) is 26.7 Å². The van der Waals surface area contributed by atoms with Crippen LogP contribution < -0.4 is 0 Å². The molecule has 2 aromatic carbocycles. The lowest BCUT2D eigenvalue weighted by Crippen LogP contribution is -2.06. The van der Waals surface area contributed by atoms with E-state index in [4.69, 9.17) is 11.6 Å². The van der Waals surface area contributed by atoms with Gasteiger partial charge in [-0.25, -0.2) is 0 Å². The Morgan fingerprint density at radius 1 is 1.16 bits per heavy atom. The predicted octanol–water partition coefficient (Wildman–Crippen LogP) is 5.14. The van der Waals surface area contributed by atoms with Gasteiger partial charge < -0.3 is 0 Å². The summed E-state index contributed by atoms with van der Waals surface area (Å²) in [6, 6.07) is 11.5. The van der Waals surface area contributed by atoms with Crippen LogP contribution in [0.25, 0.3) is 0 Å². The van der Waals surface area contributed by atoms with Crippen molar-refractivity contribution in [3.63, 3.8) is 0 Å². The van der Waals surface area contributed by atoms with Gasteiger partial charge in [-0.3, -0.25) is 4.79 Å². The molecule has 0 atom stereocenters. The number of benzene rings is 2. The maximum absolute atomic E-state index is 12.3. The zero-order chi connectivity index (χ0) is 14.0. The van der Waals surface area contributed by atoms with Gasteiger partial charge in [-0.05, 0) is 48.7 Å². The van der Waals surface area contributed by atoms with Gasteiger partial charge >= 0.3 is 0 Å². The summed E-state index contributed by atoms with van der Waals surface area (Å²) in [5.41, 5.74) is 3.69. The highest BCUT2D eigenvalue weighted by Crippen LogP contribution is 2.22. The van der Waals surface area contributed by atoms with Gasteiger partial charge in [0.15, 0.2) is 5.78 Å². The smallest absolute Gasteiger partial charge is 0.167 e. The van der Waals surface area contributed by atoms with Crippen molar-refractivity contribution in [2.45, 2.75) is 20.3 Å². The summed E-state index contributed by atoms with van der Waals surface area (Å²) in [5, 5.41) is 0.654. The molecule has 0 aliphatic rings. The first-order valence-corrected chi connectivity index (χ1v) is 7.19. The lowest BCUT2D eigenvalue weighted by Gasteiger charge is -2.08. The number of hydrogen-bond donors (Lipinski definition) is 0. The molecule has 19 heavy (non-hydrogen) atoms. The molecule has 0 aromatic heterocycles. The number of ketones is 1. The van der Waals surface area contributed by atoms with Crippen LogP contribution in [-0.4, -0.2) is 5.78 Å². The molecule has 98 valence electrons. The molecule has 0 bridgehead atoms. The van der Waals surface area contributed by atoms with Gasteiger partial charge in [0.25, 0.3) is 0 Å². The first-order chi connectivity index (χ1) is 8.97. The molecule has 0 heterocycles. The zero-order valence-electron chi connectivity index (χ0n) is 10.8. The van der Waals surface area contributed by atoms with E-state index in [0.29, 0.717) is 11.4 Å². The minimum atomic E-state index is 0.0875. The Labute approximate surface area is 126 Å². The van der Waals surface area contributed by atoms with E-state index < -0.39 is 0 Å². The summed E-state index contributed by atoms with van der Waals surface area (Å²) < 4.78 is 0.913. The lowest BCUT2D eigenvalue weighted by molar-refractivity contribution is 0.0992. The number of carbonyl (C=O) groups excluding carboxylic acids is 1. The van der Waals surface area contributed by atoms with Crippen LogP contribution in [0.2, 0.25) is 5.02 Å². The van der Waals surface area contributed by atoms with Crippen LogP contribution >= 0.6 is 27.5 Å². The molecule has 0 saturated heterocycles. The molecule has 0 amide bonds. The molecule has 0 saturated carbocycles. The summed E-state index contributed by atoms with van der Waals surface area (Å²) in [4.78, 5) is 12.3. The van der Waals surface area contributed by atoms with E-state index in [-0.39, 0.29) is 5.78 Å². The van der Waals surface area contributed by atoms with Crippen molar-refractivity contribution in [3.05, 3.63) is 68.1 Å². The second kappa shape index (κ2) is 5.89. The molecular weight excluding hydrogens is 324 g/mol. The van der Waals surface area contributed by atoms with E-state index in [1.807, 2.05) is 50.2 Å². The molecule has 0 spiro atoms. The average molecular weight is 338 g/mol. The first-order valence-electron chi connectivity index (χ1n) is 6.02. The van der Waals surface area contributed by atoms with E-state index in [2.05, 4.69) is 15.9 Å². The van der Waals surface area contributed by atoms with Gasteiger partial charge in [0.05, 0.1) is 0 Å². The van der Waals surface area contributed by atoms with Crippen LogP contribution in [0.4, 0.5) is 0 Å². The number of hydrogen-bond acceptors (Lipinski definition) is 1. The van der Waals surface area contributed by atoms with Gasteiger partial charge in [0, 0.05) is 21.5 Å². The van der Waals surface area contributed by atoms with Crippen LogP contribution in [-0.2, 0) is 6.42 Å². The Bertz CT molecular complexity index is 635. The molecule has 0 unspecified atom stereocenters. The van der Waals surface area contributed by atoms with Crippen molar-refractivity contribution in [1.29, 1.82) is 0 Å². The molecule has 1 nitrogen and oxygen atoms in total. The SMILES string of the molecule is Cc1ccc(CC(=O)c2cc(Br)ccc2C)c(Cl)c1. The number of carbonyl (C=O) groups is 1. The van der Waals surface area contributed by atoms with Crippen molar-refractivity contribution < 1.29 is 4.79 Å². The van der Waals surface area contributed by atoms with Crippen molar-refractivity contribution in [3.8, 4) is 0 Å². The topological polar surface area (TPSA) is 17.1 Å². The Kier molecular flexibility index (Phi) is 4.43. The molecule has 0 radical (unpaired) electrons. The highest BCUT2D eigenvalue weighted by atomic mass is 79.9. The third-order valence-corrected chi connectivity index (χ3v) is 3.90. The maximum Gasteiger partial charge on any atom is 0.167 e. The molecule has 3 heteroatoms. The Hall–Kier alpha value is -1.12. The van der Waals surface area contributed by atoms with E-state index >= 15 is 0 Å². The summed E-state index contributed by atoms with van der Waals surface area (Å²) in [5.74, 6) is 0.0875. The number of rotatable bonds is 3. The highest BCUT2D eigenvalue weighted by Gasteiger charge is 2.12. The summed E-state index contributed by atoms with van der Waals surface area (Å²) in [6.45, 7) is 3.92. The predicted molar refractivity (Wildman–Crippen MR) is 83.1 cm³/mol. The summed E-state index contributed by atoms with van der Waals surface area (Å²) in [7, 11) is 0. The lowest BCUT2D eigenvalue weighted by atomic mass is 9.99. The van der Waals surface area contributed by atoms with Gasteiger partial charge in [0.1, 0.15) is 0 Å². The van der Waals surface area contributed by atoms with E-state index in [9.17, 15) is 4.79 Å². The third-order valence-electron chi connectivity index (χ3n) is 3.06. The normalized spacial score (nSPS) is 10.5. The van der Waals surface area contributed by atoms with Crippen LogP contribution in [0, 0.1) is 13.8 Å². The molecule has 2 rings (SSSR count). The van der Waals surface area contributed by atoms with Crippen LogP contribution in [0.5, 0.6) is 0 Å². The van der Waals surface area contributed by atoms with Crippen molar-refractivity contribution in [1.82, 2.24) is 0 Å². The second-order valence-electron chi connectivity index (χ2n) is 4.65. The Morgan fingerprint density at radius 3 is 2.58 bits per heavy atom. The highest BCUT2D eigenvalue weighted by molar-refractivity contribution is 9.10. The average Bonchev–Trinajstić information content (AvgIpc) is 2.35. The summed E-state index contributed by atoms with van der Waals surface area (Å²) >= 11 is 9.57. The Morgan fingerprint density at radius 2 is 1.89 bits per heavy atom. The van der Waals surface area contributed by atoms with Crippen molar-refractivity contribution >= 4 is 33.3 Å². The monoisotopic (exact) mass is 336 g/mol. The van der Waals surface area contributed by atoms with Crippen LogP contribution in [0.3, 0.4) is 0 Å². The molecule has 0 aliphatic carbocycles. The number of halogens is 2. The van der Waals surface area contributed by atoms with Crippen molar-refractivity contribution in [2.24, 2.45) is 0 Å². The quantitative estimate of drug-likeness (QED) is 0.708. The van der Waals surface area contributed by atoms with Gasteiger partial charge in [-0.15, -0.1) is 0 Å². The standard InChI is InChI=1S/C16H14BrClO/c1-10-3-5-12(15(18)7-10)8-16(19)14-9-13(17)6-4-11(14)2/h3-7,9H,8H2,1-2H3. The van der Waals surface area contributed by atoms with Gasteiger partial charge in [-0.2, -0.15) is 0 Å². The second-order valence-corrected chi connectivity index (χ2v) is 5.98. The summed E-state index contributed by atoms with van der Waals surface area (Å²) in [6.07, 6.45) is 0.330. The Balaban J connectivity index is 2.28. The maximum atomic E-state index is 12.3. The fourth-order valence-corrected chi connectivity index (χ4v) is 2.62. The largest absolute Gasteiger partial charge is 0.294 e. The minimum absolute atomic E-state index is 0.0875. The van der Waals surface area contributed by atoms with E-state index in [1.54, 1.807) is 0 Å². The van der Waals surface area contributed by atoms with Crippen molar-refractivity contribution in [2.75, 3.05) is 0 Å². The van der Waals surface area contributed by atoms with Gasteiger partial charge in [0.2, 0.25) is 0 Å². The number of Topliss-reactive ketones (excluding diaryl/α,β-unsaturated/α-hetero) is 1. The molecule has 0 fully saturated rings. The van der Waals surface area contributed by atoms with E-state index in [1.165, 1.54) is 0 Å². The van der Waals surface area contributed by atoms with Crippen LogP contribution in [0.15, 0.2) is 40.9 Å². The minimum Gasteiger partial charge on any atom is -0.294 e.